The monoisotopic (exact) mass is 386 g/mol. The third kappa shape index (κ3) is 6.17. The zero-order chi connectivity index (χ0) is 15.1. The van der Waals surface area contributed by atoms with Crippen LogP contribution in [0.4, 0.5) is 5.69 Å². The molecule has 0 unspecified atom stereocenters. The first kappa shape index (κ1) is 18.7. The Morgan fingerprint density at radius 1 is 1.32 bits per heavy atom. The maximum absolute atomic E-state index is 11.6. The fraction of sp³-hybridized carbons (Fsp3) is 0.333. The molecule has 0 spiro atoms. The number of carbonyl (C=O) groups excluding carboxylic acids is 1. The van der Waals surface area contributed by atoms with Gasteiger partial charge in [-0.05, 0) is 47.1 Å². The van der Waals surface area contributed by atoms with Gasteiger partial charge in [0.15, 0.2) is 0 Å². The molecular weight excluding hydrogens is 368 g/mol. The van der Waals surface area contributed by atoms with E-state index in [2.05, 4.69) is 31.7 Å². The summed E-state index contributed by atoms with van der Waals surface area (Å²) in [5.41, 5.74) is 2.05. The van der Waals surface area contributed by atoms with Crippen LogP contribution in [0.1, 0.15) is 12.0 Å². The molecule has 120 valence electrons. The summed E-state index contributed by atoms with van der Waals surface area (Å²) in [6, 6.07) is 7.94. The van der Waals surface area contributed by atoms with E-state index < -0.39 is 0 Å². The van der Waals surface area contributed by atoms with Crippen LogP contribution in [0.15, 0.2) is 41.1 Å². The molecule has 1 aromatic heterocycles. The predicted octanol–water partition coefficient (Wildman–Crippen LogP) is 2.86. The number of nitrogens with zero attached hydrogens (tertiary/aromatic N) is 2. The van der Waals surface area contributed by atoms with Gasteiger partial charge in [0, 0.05) is 31.4 Å². The van der Waals surface area contributed by atoms with Gasteiger partial charge in [0.2, 0.25) is 5.91 Å². The molecule has 0 aliphatic heterocycles. The lowest BCUT2D eigenvalue weighted by molar-refractivity contribution is -0.116. The Hall–Kier alpha value is -1.37. The lowest BCUT2D eigenvalue weighted by Crippen LogP contribution is -2.18. The topological polar surface area (TPSA) is 59.0 Å². The highest BCUT2D eigenvalue weighted by Gasteiger charge is 2.02. The largest absolute Gasteiger partial charge is 0.326 e. The number of aryl methyl sites for hydroxylation is 2. The second-order valence-corrected chi connectivity index (χ2v) is 5.69. The minimum Gasteiger partial charge on any atom is -0.326 e. The van der Waals surface area contributed by atoms with Crippen LogP contribution in [0.5, 0.6) is 0 Å². The number of amides is 1. The first-order chi connectivity index (χ1) is 10.2. The second kappa shape index (κ2) is 9.61. The molecule has 1 heterocycles. The third-order valence-corrected chi connectivity index (χ3v) is 3.48. The highest BCUT2D eigenvalue weighted by molar-refractivity contribution is 9.10. The Kier molecular flexibility index (Phi) is 8.16. The highest BCUT2D eigenvalue weighted by atomic mass is 79.9. The maximum atomic E-state index is 11.6. The quantitative estimate of drug-likeness (QED) is 0.768. The van der Waals surface area contributed by atoms with Gasteiger partial charge in [0.25, 0.3) is 0 Å². The van der Waals surface area contributed by atoms with E-state index in [4.69, 9.17) is 0 Å². The zero-order valence-electron chi connectivity index (χ0n) is 12.4. The number of halogens is 2. The van der Waals surface area contributed by atoms with E-state index in [0.29, 0.717) is 13.0 Å². The molecule has 2 aromatic rings. The lowest BCUT2D eigenvalue weighted by atomic mass is 10.1. The Balaban J connectivity index is 0.00000242. The number of carbonyl (C=O) groups is 1. The van der Waals surface area contributed by atoms with Crippen LogP contribution in [0, 0.1) is 0 Å². The van der Waals surface area contributed by atoms with Crippen molar-refractivity contribution in [2.75, 3.05) is 18.9 Å². The van der Waals surface area contributed by atoms with Crippen molar-refractivity contribution in [1.82, 2.24) is 15.1 Å². The van der Waals surface area contributed by atoms with E-state index in [-0.39, 0.29) is 18.3 Å². The molecule has 0 fully saturated rings. The van der Waals surface area contributed by atoms with Gasteiger partial charge in [-0.2, -0.15) is 5.10 Å². The summed E-state index contributed by atoms with van der Waals surface area (Å²) < 4.78 is 2.89. The summed E-state index contributed by atoms with van der Waals surface area (Å²) in [4.78, 5) is 11.6. The first-order valence-corrected chi connectivity index (χ1v) is 7.68. The smallest absolute Gasteiger partial charge is 0.225 e. The molecule has 0 saturated carbocycles. The SMILES string of the molecule is CNCCC(=O)Nc1ccc(CCn2cc(Br)cn2)cc1.Cl. The van der Waals surface area contributed by atoms with Crippen molar-refractivity contribution in [3.63, 3.8) is 0 Å². The fourth-order valence-electron chi connectivity index (χ4n) is 1.92. The van der Waals surface area contributed by atoms with Gasteiger partial charge in [-0.15, -0.1) is 12.4 Å². The summed E-state index contributed by atoms with van der Waals surface area (Å²) >= 11 is 3.38. The van der Waals surface area contributed by atoms with Gasteiger partial charge >= 0.3 is 0 Å². The van der Waals surface area contributed by atoms with Crippen LogP contribution in [-0.4, -0.2) is 29.3 Å². The van der Waals surface area contributed by atoms with E-state index >= 15 is 0 Å². The summed E-state index contributed by atoms with van der Waals surface area (Å²) in [6.07, 6.45) is 5.12. The van der Waals surface area contributed by atoms with Gasteiger partial charge in [-0.25, -0.2) is 0 Å². The summed E-state index contributed by atoms with van der Waals surface area (Å²) in [5.74, 6) is 0.0264. The third-order valence-electron chi connectivity index (χ3n) is 3.07. The Morgan fingerprint density at radius 3 is 2.64 bits per heavy atom. The van der Waals surface area contributed by atoms with Crippen LogP contribution < -0.4 is 10.6 Å². The minimum atomic E-state index is 0. The van der Waals surface area contributed by atoms with Crippen LogP contribution in [0.3, 0.4) is 0 Å². The molecule has 0 radical (unpaired) electrons. The highest BCUT2D eigenvalue weighted by Crippen LogP contribution is 2.12. The van der Waals surface area contributed by atoms with E-state index in [0.717, 1.165) is 23.1 Å². The van der Waals surface area contributed by atoms with Crippen molar-refractivity contribution in [2.45, 2.75) is 19.4 Å². The molecule has 0 aliphatic rings. The summed E-state index contributed by atoms with van der Waals surface area (Å²) in [7, 11) is 1.83. The molecule has 7 heteroatoms. The van der Waals surface area contributed by atoms with E-state index in [9.17, 15) is 4.79 Å². The second-order valence-electron chi connectivity index (χ2n) is 4.77. The van der Waals surface area contributed by atoms with Crippen molar-refractivity contribution in [3.05, 3.63) is 46.7 Å². The van der Waals surface area contributed by atoms with Gasteiger partial charge in [0.1, 0.15) is 0 Å². The molecule has 5 nitrogen and oxygen atoms in total. The molecule has 0 saturated heterocycles. The van der Waals surface area contributed by atoms with Crippen molar-refractivity contribution >= 4 is 39.9 Å². The maximum Gasteiger partial charge on any atom is 0.225 e. The molecular formula is C15H20BrClN4O. The molecule has 22 heavy (non-hydrogen) atoms. The van der Waals surface area contributed by atoms with Crippen molar-refractivity contribution in [3.8, 4) is 0 Å². The molecule has 1 amide bonds. The Morgan fingerprint density at radius 2 is 2.05 bits per heavy atom. The molecule has 0 atom stereocenters. The fourth-order valence-corrected chi connectivity index (χ4v) is 2.25. The minimum absolute atomic E-state index is 0. The van der Waals surface area contributed by atoms with Gasteiger partial charge < -0.3 is 10.6 Å². The molecule has 0 bridgehead atoms. The van der Waals surface area contributed by atoms with Crippen LogP contribution in [-0.2, 0) is 17.8 Å². The van der Waals surface area contributed by atoms with E-state index in [1.165, 1.54) is 5.56 Å². The standard InChI is InChI=1S/C15H19BrN4O.ClH/c1-17-8-6-15(21)19-14-4-2-12(3-5-14)7-9-20-11-13(16)10-18-20;/h2-5,10-11,17H,6-9H2,1H3,(H,19,21);1H. The average Bonchev–Trinajstić information content (AvgIpc) is 2.90. The molecule has 2 N–H and O–H groups in total. The number of anilines is 1. The van der Waals surface area contributed by atoms with Crippen molar-refractivity contribution in [1.29, 1.82) is 0 Å². The van der Waals surface area contributed by atoms with Gasteiger partial charge in [-0.1, -0.05) is 12.1 Å². The zero-order valence-corrected chi connectivity index (χ0v) is 14.8. The van der Waals surface area contributed by atoms with Crippen LogP contribution >= 0.6 is 28.3 Å². The number of aromatic nitrogens is 2. The predicted molar refractivity (Wildman–Crippen MR) is 94.5 cm³/mol. The summed E-state index contributed by atoms with van der Waals surface area (Å²) in [6.45, 7) is 1.52. The number of rotatable bonds is 7. The van der Waals surface area contributed by atoms with E-state index in [1.54, 1.807) is 6.20 Å². The summed E-state index contributed by atoms with van der Waals surface area (Å²) in [5, 5.41) is 10.1. The molecule has 1 aromatic carbocycles. The lowest BCUT2D eigenvalue weighted by Gasteiger charge is -2.07. The number of hydrogen-bond acceptors (Lipinski definition) is 3. The van der Waals surface area contributed by atoms with E-state index in [1.807, 2.05) is 42.2 Å². The Bertz CT molecular complexity index is 585. The number of nitrogens with one attached hydrogen (secondary N) is 2. The molecule has 0 aliphatic carbocycles. The number of hydrogen-bond donors (Lipinski definition) is 2. The van der Waals surface area contributed by atoms with Crippen molar-refractivity contribution in [2.24, 2.45) is 0 Å². The van der Waals surface area contributed by atoms with Gasteiger partial charge in [-0.3, -0.25) is 9.48 Å². The Labute approximate surface area is 145 Å². The molecule has 2 rings (SSSR count). The van der Waals surface area contributed by atoms with Crippen molar-refractivity contribution < 1.29 is 4.79 Å². The first-order valence-electron chi connectivity index (χ1n) is 6.89. The van der Waals surface area contributed by atoms with Gasteiger partial charge in [0.05, 0.1) is 10.7 Å². The van der Waals surface area contributed by atoms with Crippen LogP contribution in [0.25, 0.3) is 0 Å². The normalized spacial score (nSPS) is 10.1. The average molecular weight is 388 g/mol. The van der Waals surface area contributed by atoms with Crippen LogP contribution in [0.2, 0.25) is 0 Å². The number of benzene rings is 1.